The van der Waals surface area contributed by atoms with Gasteiger partial charge in [-0.15, -0.1) is 11.3 Å². The maximum absolute atomic E-state index is 12.2. The summed E-state index contributed by atoms with van der Waals surface area (Å²) in [6.45, 7) is 5.22. The molecule has 2 aromatic heterocycles. The number of carboxylic acids is 1. The van der Waals surface area contributed by atoms with Crippen molar-refractivity contribution in [2.75, 3.05) is 31.1 Å². The summed E-state index contributed by atoms with van der Waals surface area (Å²) < 4.78 is 5.86. The predicted octanol–water partition coefficient (Wildman–Crippen LogP) is 6.11. The number of thioether (sulfide) groups is 1. The number of amides is 1. The Kier molecular flexibility index (Phi) is 12.1. The van der Waals surface area contributed by atoms with Crippen LogP contribution in [-0.4, -0.2) is 65.3 Å². The number of carbonyl (C=O) groups excluding carboxylic acids is 1. The smallest absolute Gasteiger partial charge is 0.325 e. The number of thiazole rings is 1. The van der Waals surface area contributed by atoms with Crippen LogP contribution in [0.4, 0.5) is 5.82 Å². The molecule has 1 saturated heterocycles. The van der Waals surface area contributed by atoms with Crippen molar-refractivity contribution in [3.63, 3.8) is 0 Å². The second-order valence-electron chi connectivity index (χ2n) is 11.3. The van der Waals surface area contributed by atoms with Gasteiger partial charge in [0.1, 0.15) is 52.0 Å². The highest BCUT2D eigenvalue weighted by Crippen LogP contribution is 2.40. The molecule has 2 atom stereocenters. The third-order valence-electron chi connectivity index (χ3n) is 7.86. The summed E-state index contributed by atoms with van der Waals surface area (Å²) in [7, 11) is 0. The van der Waals surface area contributed by atoms with Crippen molar-refractivity contribution in [2.45, 2.75) is 49.6 Å². The summed E-state index contributed by atoms with van der Waals surface area (Å²) >= 11 is 9.01. The zero-order valence-electron chi connectivity index (χ0n) is 26.9. The Labute approximate surface area is 297 Å². The molecule has 0 aliphatic carbocycles. The minimum atomic E-state index is -1.11. The van der Waals surface area contributed by atoms with Crippen LogP contribution in [0.1, 0.15) is 43.5 Å². The first-order valence-electron chi connectivity index (χ1n) is 15.6. The molecule has 11 nitrogen and oxygen atoms in total. The summed E-state index contributed by atoms with van der Waals surface area (Å²) in [5.41, 5.74) is 3.77. The Balaban J connectivity index is 1.33. The highest BCUT2D eigenvalue weighted by atomic mass is 35.5. The molecule has 3 heterocycles. The molecule has 252 valence electrons. The topological polar surface area (TPSA) is 164 Å². The van der Waals surface area contributed by atoms with E-state index in [1.807, 2.05) is 41.8 Å². The SMILES string of the molecule is CC(NC(=O)C(C)NCCOc1ccc(-c2c(C#N)c(SCc3csc(-c4ccc(Cl)cc4)n3)nc(N3CCCC3)c2C#N)cc1)C(=O)O. The van der Waals surface area contributed by atoms with Crippen LogP contribution in [0.25, 0.3) is 21.7 Å². The molecule has 1 amide bonds. The van der Waals surface area contributed by atoms with Crippen LogP contribution < -0.4 is 20.3 Å². The van der Waals surface area contributed by atoms with Gasteiger partial charge in [-0.25, -0.2) is 9.97 Å². The van der Waals surface area contributed by atoms with Crippen LogP contribution in [-0.2, 0) is 15.3 Å². The lowest BCUT2D eigenvalue weighted by molar-refractivity contribution is -0.141. The fourth-order valence-corrected chi connectivity index (χ4v) is 7.14. The van der Waals surface area contributed by atoms with Gasteiger partial charge in [0.15, 0.2) is 0 Å². The van der Waals surface area contributed by atoms with Crippen molar-refractivity contribution in [3.8, 4) is 39.6 Å². The molecule has 0 spiro atoms. The quantitative estimate of drug-likeness (QED) is 0.102. The van der Waals surface area contributed by atoms with E-state index in [1.165, 1.54) is 30.0 Å². The lowest BCUT2D eigenvalue weighted by Gasteiger charge is -2.22. The molecule has 2 unspecified atom stereocenters. The number of hydrogen-bond acceptors (Lipinski definition) is 11. The Morgan fingerprint density at radius 2 is 1.69 bits per heavy atom. The maximum atomic E-state index is 12.2. The minimum absolute atomic E-state index is 0.254. The zero-order chi connectivity index (χ0) is 34.9. The molecule has 14 heteroatoms. The first-order chi connectivity index (χ1) is 23.7. The summed E-state index contributed by atoms with van der Waals surface area (Å²) in [5, 5.41) is 39.3. The van der Waals surface area contributed by atoms with Crippen LogP contribution in [0.15, 0.2) is 58.9 Å². The first-order valence-corrected chi connectivity index (χ1v) is 17.9. The summed E-state index contributed by atoms with van der Waals surface area (Å²) in [4.78, 5) is 35.0. The monoisotopic (exact) mass is 715 g/mol. The van der Waals surface area contributed by atoms with Crippen molar-refractivity contribution in [1.82, 2.24) is 20.6 Å². The van der Waals surface area contributed by atoms with Crippen LogP contribution in [0.3, 0.4) is 0 Å². The van der Waals surface area contributed by atoms with Gasteiger partial charge >= 0.3 is 5.97 Å². The van der Waals surface area contributed by atoms with E-state index in [4.69, 9.17) is 31.4 Å². The number of aliphatic carboxylic acids is 1. The largest absolute Gasteiger partial charge is 0.492 e. The number of anilines is 1. The molecule has 3 N–H and O–H groups in total. The van der Waals surface area contributed by atoms with Gasteiger partial charge in [-0.2, -0.15) is 10.5 Å². The van der Waals surface area contributed by atoms with Crippen molar-refractivity contribution < 1.29 is 19.4 Å². The molecule has 5 rings (SSSR count). The third-order valence-corrected chi connectivity index (χ3v) is 10.1. The number of aromatic nitrogens is 2. The second-order valence-corrected chi connectivity index (χ2v) is 13.6. The molecule has 49 heavy (non-hydrogen) atoms. The highest BCUT2D eigenvalue weighted by molar-refractivity contribution is 7.98. The van der Waals surface area contributed by atoms with Crippen molar-refractivity contribution in [2.24, 2.45) is 0 Å². The van der Waals surface area contributed by atoms with E-state index in [1.54, 1.807) is 19.1 Å². The molecule has 4 aromatic rings. The summed E-state index contributed by atoms with van der Waals surface area (Å²) in [6, 6.07) is 17.8. The number of carbonyl (C=O) groups is 2. The van der Waals surface area contributed by atoms with Crippen LogP contribution in [0, 0.1) is 22.7 Å². The number of halogens is 1. The molecule has 0 bridgehead atoms. The van der Waals surface area contributed by atoms with E-state index in [0.29, 0.717) is 56.2 Å². The van der Waals surface area contributed by atoms with E-state index in [2.05, 4.69) is 27.7 Å². The van der Waals surface area contributed by atoms with Gasteiger partial charge in [0.25, 0.3) is 0 Å². The fraction of sp³-hybridized carbons (Fsp3) is 0.314. The van der Waals surface area contributed by atoms with E-state index in [-0.39, 0.29) is 6.61 Å². The third kappa shape index (κ3) is 8.88. The Bertz CT molecular complexity index is 1880. The van der Waals surface area contributed by atoms with E-state index < -0.39 is 24.0 Å². The maximum Gasteiger partial charge on any atom is 0.325 e. The van der Waals surface area contributed by atoms with Crippen molar-refractivity contribution in [1.29, 1.82) is 10.5 Å². The number of nitrogens with one attached hydrogen (secondary N) is 2. The zero-order valence-corrected chi connectivity index (χ0v) is 29.3. The lowest BCUT2D eigenvalue weighted by atomic mass is 9.96. The molecule has 0 saturated carbocycles. The number of ether oxygens (including phenoxy) is 1. The van der Waals surface area contributed by atoms with Gasteiger partial charge in [0, 0.05) is 46.9 Å². The summed E-state index contributed by atoms with van der Waals surface area (Å²) in [6.07, 6.45) is 2.00. The fourth-order valence-electron chi connectivity index (χ4n) is 5.21. The Morgan fingerprint density at radius 1 is 1.02 bits per heavy atom. The van der Waals surface area contributed by atoms with Crippen molar-refractivity contribution in [3.05, 3.63) is 75.8 Å². The number of hydrogen-bond donors (Lipinski definition) is 3. The van der Waals surface area contributed by atoms with E-state index in [0.717, 1.165) is 42.2 Å². The van der Waals surface area contributed by atoms with Gasteiger partial charge in [0.05, 0.1) is 17.3 Å². The van der Waals surface area contributed by atoms with Crippen molar-refractivity contribution >= 4 is 52.4 Å². The molecule has 2 aromatic carbocycles. The number of carboxylic acid groups (broad SMARTS) is 1. The average molecular weight is 716 g/mol. The van der Waals surface area contributed by atoms with Gasteiger partial charge in [-0.05, 0) is 56.5 Å². The van der Waals surface area contributed by atoms with Crippen LogP contribution in [0.5, 0.6) is 5.75 Å². The molecular weight excluding hydrogens is 682 g/mol. The highest BCUT2D eigenvalue weighted by Gasteiger charge is 2.26. The summed E-state index contributed by atoms with van der Waals surface area (Å²) in [5.74, 6) is 0.126. The van der Waals surface area contributed by atoms with Crippen LogP contribution in [0.2, 0.25) is 5.02 Å². The van der Waals surface area contributed by atoms with Gasteiger partial charge < -0.3 is 25.4 Å². The lowest BCUT2D eigenvalue weighted by Crippen LogP contribution is -2.48. The van der Waals surface area contributed by atoms with Gasteiger partial charge in [-0.3, -0.25) is 9.59 Å². The molecular formula is C35H34ClN7O4S2. The Morgan fingerprint density at radius 3 is 2.35 bits per heavy atom. The molecule has 1 fully saturated rings. The van der Waals surface area contributed by atoms with Gasteiger partial charge in [0.2, 0.25) is 5.91 Å². The number of nitrogens with zero attached hydrogens (tertiary/aromatic N) is 5. The minimum Gasteiger partial charge on any atom is -0.492 e. The number of pyridine rings is 1. The average Bonchev–Trinajstić information content (AvgIpc) is 3.82. The van der Waals surface area contributed by atoms with E-state index >= 15 is 0 Å². The molecule has 1 aliphatic rings. The van der Waals surface area contributed by atoms with Gasteiger partial charge in [-0.1, -0.05) is 47.6 Å². The Hall–Kier alpha value is -4.66. The molecule has 0 radical (unpaired) electrons. The standard InChI is InChI=1S/C35H34ClN7O4S2/c1-21(32(44)40-22(2)35(45)46)39-13-16-47-27-11-7-23(8-12-27)30-28(17-37)31(43-14-3-4-15-43)42-34(29(30)18-38)49-20-26-19-48-33(41-26)24-5-9-25(36)10-6-24/h5-12,19,21-22,39H,3-4,13-16,20H2,1-2H3,(H,40,44)(H,45,46). The number of benzene rings is 2. The first kappa shape index (κ1) is 35.6. The number of nitriles is 2. The second kappa shape index (κ2) is 16.6. The predicted molar refractivity (Wildman–Crippen MR) is 191 cm³/mol. The number of rotatable bonds is 14. The van der Waals surface area contributed by atoms with E-state index in [9.17, 15) is 20.1 Å². The molecule has 1 aliphatic heterocycles. The normalized spacial score (nSPS) is 13.7. The van der Waals surface area contributed by atoms with Crippen LogP contribution >= 0.6 is 34.7 Å².